The lowest BCUT2D eigenvalue weighted by atomic mass is 10.3. The summed E-state index contributed by atoms with van der Waals surface area (Å²) in [5.74, 6) is -0.828. The molecular formula is C12H20ClN3O2. The van der Waals surface area contributed by atoms with Crippen LogP contribution in [0.1, 0.15) is 32.2 Å². The molecule has 1 aromatic heterocycles. The van der Waals surface area contributed by atoms with Crippen LogP contribution < -0.4 is 0 Å². The van der Waals surface area contributed by atoms with Crippen molar-refractivity contribution in [2.45, 2.75) is 40.3 Å². The molecule has 1 N–H and O–H groups in total. The number of carboxylic acid groups (broad SMARTS) is 1. The fraction of sp³-hybridized carbons (Fsp3) is 0.667. The summed E-state index contributed by atoms with van der Waals surface area (Å²) in [6, 6.07) is 0. The van der Waals surface area contributed by atoms with Gasteiger partial charge in [-0.15, -0.1) is 0 Å². The molecule has 1 heterocycles. The van der Waals surface area contributed by atoms with E-state index in [1.54, 1.807) is 0 Å². The van der Waals surface area contributed by atoms with Crippen LogP contribution >= 0.6 is 11.6 Å². The van der Waals surface area contributed by atoms with E-state index in [9.17, 15) is 4.79 Å². The molecule has 5 nitrogen and oxygen atoms in total. The number of hydrogen-bond donors (Lipinski definition) is 1. The topological polar surface area (TPSA) is 58.4 Å². The van der Waals surface area contributed by atoms with Crippen molar-refractivity contribution in [1.29, 1.82) is 0 Å². The van der Waals surface area contributed by atoms with Crippen molar-refractivity contribution in [1.82, 2.24) is 14.7 Å². The van der Waals surface area contributed by atoms with E-state index in [0.717, 1.165) is 24.4 Å². The fourth-order valence-electron chi connectivity index (χ4n) is 1.85. The maximum Gasteiger partial charge on any atom is 0.317 e. The quantitative estimate of drug-likeness (QED) is 0.826. The SMILES string of the molecule is CCc1nn(CC)c(CN(CC)CC(=O)O)c1Cl. The lowest BCUT2D eigenvalue weighted by Gasteiger charge is -2.18. The number of likely N-dealkylation sites (N-methyl/N-ethyl adjacent to an activating group) is 1. The van der Waals surface area contributed by atoms with E-state index in [-0.39, 0.29) is 6.54 Å². The van der Waals surface area contributed by atoms with Crippen LogP contribution in [0, 0.1) is 0 Å². The third-order valence-corrected chi connectivity index (χ3v) is 3.31. The monoisotopic (exact) mass is 273 g/mol. The van der Waals surface area contributed by atoms with Gasteiger partial charge in [-0.2, -0.15) is 5.10 Å². The maximum atomic E-state index is 10.8. The number of hydrogen-bond acceptors (Lipinski definition) is 3. The third kappa shape index (κ3) is 3.46. The molecule has 0 aliphatic heterocycles. The van der Waals surface area contributed by atoms with Crippen molar-refractivity contribution in [3.63, 3.8) is 0 Å². The molecule has 0 fully saturated rings. The molecule has 0 saturated heterocycles. The summed E-state index contributed by atoms with van der Waals surface area (Å²) in [7, 11) is 0. The highest BCUT2D eigenvalue weighted by molar-refractivity contribution is 6.31. The average Bonchev–Trinajstić information content (AvgIpc) is 2.64. The number of carboxylic acids is 1. The fourth-order valence-corrected chi connectivity index (χ4v) is 2.18. The number of nitrogens with zero attached hydrogens (tertiary/aromatic N) is 3. The molecule has 0 radical (unpaired) electrons. The molecule has 0 bridgehead atoms. The zero-order valence-electron chi connectivity index (χ0n) is 11.1. The van der Waals surface area contributed by atoms with Crippen LogP contribution in [-0.4, -0.2) is 38.8 Å². The molecule has 0 amide bonds. The molecule has 18 heavy (non-hydrogen) atoms. The molecule has 0 aromatic carbocycles. The van der Waals surface area contributed by atoms with Crippen molar-refractivity contribution >= 4 is 17.6 Å². The molecule has 0 aliphatic carbocycles. The number of aryl methyl sites for hydroxylation is 2. The number of carbonyl (C=O) groups is 1. The summed E-state index contributed by atoms with van der Waals surface area (Å²) >= 11 is 6.29. The van der Waals surface area contributed by atoms with E-state index in [2.05, 4.69) is 5.10 Å². The van der Waals surface area contributed by atoms with Gasteiger partial charge in [0, 0.05) is 13.1 Å². The predicted octanol–water partition coefficient (Wildman–Crippen LogP) is 2.03. The first kappa shape index (κ1) is 15.0. The van der Waals surface area contributed by atoms with Gasteiger partial charge in [-0.25, -0.2) is 0 Å². The Morgan fingerprint density at radius 1 is 1.44 bits per heavy atom. The minimum absolute atomic E-state index is 0.0170. The second-order valence-corrected chi connectivity index (χ2v) is 4.45. The van der Waals surface area contributed by atoms with Gasteiger partial charge >= 0.3 is 5.97 Å². The minimum Gasteiger partial charge on any atom is -0.480 e. The first-order valence-corrected chi connectivity index (χ1v) is 6.59. The van der Waals surface area contributed by atoms with Crippen LogP contribution in [0.15, 0.2) is 0 Å². The van der Waals surface area contributed by atoms with Gasteiger partial charge in [0.15, 0.2) is 0 Å². The van der Waals surface area contributed by atoms with Crippen molar-refractivity contribution in [3.8, 4) is 0 Å². The number of aliphatic carboxylic acids is 1. The number of rotatable bonds is 7. The Labute approximate surface area is 112 Å². The van der Waals surface area contributed by atoms with Gasteiger partial charge in [-0.1, -0.05) is 25.4 Å². The van der Waals surface area contributed by atoms with E-state index >= 15 is 0 Å². The van der Waals surface area contributed by atoms with E-state index in [1.807, 2.05) is 30.4 Å². The Morgan fingerprint density at radius 3 is 2.56 bits per heavy atom. The van der Waals surface area contributed by atoms with Gasteiger partial charge in [0.25, 0.3) is 0 Å². The maximum absolute atomic E-state index is 10.8. The van der Waals surface area contributed by atoms with Crippen LogP contribution in [-0.2, 0) is 24.3 Å². The summed E-state index contributed by atoms with van der Waals surface area (Å²) in [6.07, 6.45) is 0.782. The average molecular weight is 274 g/mol. The molecule has 1 rings (SSSR count). The summed E-state index contributed by atoms with van der Waals surface area (Å²) in [5.41, 5.74) is 1.78. The normalized spacial score (nSPS) is 11.2. The van der Waals surface area contributed by atoms with Gasteiger partial charge in [0.05, 0.1) is 23.0 Å². The lowest BCUT2D eigenvalue weighted by Crippen LogP contribution is -2.30. The second-order valence-electron chi connectivity index (χ2n) is 4.07. The first-order valence-electron chi connectivity index (χ1n) is 6.21. The summed E-state index contributed by atoms with van der Waals surface area (Å²) < 4.78 is 1.85. The lowest BCUT2D eigenvalue weighted by molar-refractivity contribution is -0.138. The highest BCUT2D eigenvalue weighted by Gasteiger charge is 2.17. The van der Waals surface area contributed by atoms with Gasteiger partial charge < -0.3 is 5.11 Å². The van der Waals surface area contributed by atoms with E-state index in [1.165, 1.54) is 0 Å². The standard InChI is InChI=1S/C12H20ClN3O2/c1-4-9-12(13)10(16(6-3)14-9)7-15(5-2)8-11(17)18/h4-8H2,1-3H3,(H,17,18). The molecule has 0 spiro atoms. The molecule has 1 aromatic rings. The van der Waals surface area contributed by atoms with Crippen LogP contribution in [0.4, 0.5) is 0 Å². The van der Waals surface area contributed by atoms with E-state index in [4.69, 9.17) is 16.7 Å². The molecule has 6 heteroatoms. The van der Waals surface area contributed by atoms with Gasteiger partial charge in [-0.3, -0.25) is 14.4 Å². The predicted molar refractivity (Wildman–Crippen MR) is 70.9 cm³/mol. The van der Waals surface area contributed by atoms with Crippen molar-refractivity contribution in [2.75, 3.05) is 13.1 Å². The van der Waals surface area contributed by atoms with Gasteiger partial charge in [0.2, 0.25) is 0 Å². The summed E-state index contributed by atoms with van der Waals surface area (Å²) in [4.78, 5) is 12.6. The zero-order chi connectivity index (χ0) is 13.7. The summed E-state index contributed by atoms with van der Waals surface area (Å²) in [5, 5.41) is 13.9. The Morgan fingerprint density at radius 2 is 2.11 bits per heavy atom. The molecule has 0 aliphatic rings. The van der Waals surface area contributed by atoms with Crippen molar-refractivity contribution in [3.05, 3.63) is 16.4 Å². The Balaban J connectivity index is 2.93. The molecule has 0 saturated carbocycles. The Hall–Kier alpha value is -1.07. The van der Waals surface area contributed by atoms with Gasteiger partial charge in [-0.05, 0) is 19.9 Å². The van der Waals surface area contributed by atoms with Crippen LogP contribution in [0.5, 0.6) is 0 Å². The van der Waals surface area contributed by atoms with Crippen molar-refractivity contribution in [2.24, 2.45) is 0 Å². The third-order valence-electron chi connectivity index (χ3n) is 2.87. The zero-order valence-corrected chi connectivity index (χ0v) is 11.9. The van der Waals surface area contributed by atoms with Crippen LogP contribution in [0.25, 0.3) is 0 Å². The van der Waals surface area contributed by atoms with Gasteiger partial charge in [0.1, 0.15) is 0 Å². The van der Waals surface area contributed by atoms with E-state index < -0.39 is 5.97 Å². The highest BCUT2D eigenvalue weighted by atomic mass is 35.5. The molecular weight excluding hydrogens is 254 g/mol. The van der Waals surface area contributed by atoms with Crippen molar-refractivity contribution < 1.29 is 9.90 Å². The minimum atomic E-state index is -0.828. The summed E-state index contributed by atoms with van der Waals surface area (Å²) in [6.45, 7) is 7.88. The Bertz CT molecular complexity index is 418. The van der Waals surface area contributed by atoms with E-state index in [0.29, 0.717) is 18.1 Å². The van der Waals surface area contributed by atoms with Crippen LogP contribution in [0.2, 0.25) is 5.02 Å². The smallest absolute Gasteiger partial charge is 0.317 e. The number of aromatic nitrogens is 2. The number of halogens is 1. The molecule has 0 unspecified atom stereocenters. The largest absolute Gasteiger partial charge is 0.480 e. The first-order chi connectivity index (χ1) is 8.53. The molecule has 102 valence electrons. The second kappa shape index (κ2) is 6.75. The molecule has 0 atom stereocenters. The van der Waals surface area contributed by atoms with Crippen LogP contribution in [0.3, 0.4) is 0 Å². The highest BCUT2D eigenvalue weighted by Crippen LogP contribution is 2.22. The Kier molecular flexibility index (Phi) is 5.62.